The van der Waals surface area contributed by atoms with Gasteiger partial charge in [-0.25, -0.2) is 4.98 Å². The van der Waals surface area contributed by atoms with E-state index in [-0.39, 0.29) is 0 Å². The number of benzene rings is 9. The number of oxazole rings is 1. The van der Waals surface area contributed by atoms with Crippen molar-refractivity contribution in [1.29, 1.82) is 0 Å². The summed E-state index contributed by atoms with van der Waals surface area (Å²) in [6.07, 6.45) is 0. The monoisotopic (exact) mass is 729 g/mol. The molecule has 2 heterocycles. The van der Waals surface area contributed by atoms with Gasteiger partial charge in [-0.1, -0.05) is 152 Å². The Morgan fingerprint density at radius 2 is 1.07 bits per heavy atom. The number of rotatable bonds is 7. The first kappa shape index (κ1) is 32.7. The first-order valence-corrected chi connectivity index (χ1v) is 19.3. The fourth-order valence-electron chi connectivity index (χ4n) is 8.41. The van der Waals surface area contributed by atoms with Crippen molar-refractivity contribution in [2.75, 3.05) is 4.90 Å². The lowest BCUT2D eigenvalue weighted by Gasteiger charge is -2.26. The highest BCUT2D eigenvalue weighted by molar-refractivity contribution is 6.19. The number of anilines is 3. The molecule has 0 N–H and O–H groups in total. The first-order chi connectivity index (χ1) is 28.3. The molecule has 0 saturated carbocycles. The third kappa shape index (κ3) is 5.58. The lowest BCUT2D eigenvalue weighted by molar-refractivity contribution is 0.620. The molecule has 0 unspecified atom stereocenters. The van der Waals surface area contributed by atoms with Crippen molar-refractivity contribution in [3.8, 4) is 39.4 Å². The van der Waals surface area contributed by atoms with Gasteiger partial charge in [0.05, 0.1) is 16.7 Å². The SMILES string of the molecule is c1ccc(-c2nc3cccc(N(c4cccc(-c5ccccc5-c5ccccc5)c4)c4ccc5c6ccc7ccccc7c6n(-c6ccccc6)c5c4)c3o2)cc1. The smallest absolute Gasteiger partial charge is 0.227 e. The number of fused-ring (bicyclic) bond motifs is 6. The molecular weight excluding hydrogens is 695 g/mol. The predicted octanol–water partition coefficient (Wildman–Crippen LogP) is 14.5. The van der Waals surface area contributed by atoms with Crippen LogP contribution < -0.4 is 4.90 Å². The second-order valence-corrected chi connectivity index (χ2v) is 14.4. The van der Waals surface area contributed by atoms with E-state index in [1.807, 2.05) is 36.4 Å². The molecule has 4 nitrogen and oxygen atoms in total. The van der Waals surface area contributed by atoms with Crippen LogP contribution in [-0.2, 0) is 0 Å². The Balaban J connectivity index is 1.18. The fourth-order valence-corrected chi connectivity index (χ4v) is 8.41. The van der Waals surface area contributed by atoms with Gasteiger partial charge in [-0.2, -0.15) is 0 Å². The van der Waals surface area contributed by atoms with Crippen LogP contribution in [0.15, 0.2) is 217 Å². The van der Waals surface area contributed by atoms with Crippen LogP contribution in [0.25, 0.3) is 83.1 Å². The highest BCUT2D eigenvalue weighted by Gasteiger charge is 2.23. The molecule has 0 aliphatic carbocycles. The summed E-state index contributed by atoms with van der Waals surface area (Å²) >= 11 is 0. The Labute approximate surface area is 330 Å². The van der Waals surface area contributed by atoms with Crippen molar-refractivity contribution < 1.29 is 4.42 Å². The van der Waals surface area contributed by atoms with Crippen molar-refractivity contribution in [3.05, 3.63) is 212 Å². The summed E-state index contributed by atoms with van der Waals surface area (Å²) in [6, 6.07) is 75.1. The summed E-state index contributed by atoms with van der Waals surface area (Å²) in [5, 5.41) is 4.84. The molecule has 0 aliphatic heterocycles. The molecule has 0 radical (unpaired) electrons. The average Bonchev–Trinajstić information content (AvgIpc) is 3.88. The fraction of sp³-hybridized carbons (Fsp3) is 0. The zero-order valence-electron chi connectivity index (χ0n) is 31.0. The van der Waals surface area contributed by atoms with E-state index in [9.17, 15) is 0 Å². The van der Waals surface area contributed by atoms with Crippen LogP contribution in [0.2, 0.25) is 0 Å². The van der Waals surface area contributed by atoms with Crippen molar-refractivity contribution in [2.45, 2.75) is 0 Å². The third-order valence-electron chi connectivity index (χ3n) is 11.0. The standard InChI is InChI=1S/C53H35N3O/c1-4-16-36(17-5-1)43-25-12-13-26-44(43)39-21-14-24-41(34-39)55(49-29-15-28-48-52(49)57-53(54-48)38-19-6-2-7-20-38)42-31-33-46-47-32-30-37-18-10-11-27-45(37)51(47)56(50(46)35-42)40-22-8-3-9-23-40/h1-35H. The highest BCUT2D eigenvalue weighted by Crippen LogP contribution is 2.45. The van der Waals surface area contributed by atoms with Gasteiger partial charge < -0.3 is 13.9 Å². The molecule has 0 saturated heterocycles. The molecule has 0 aliphatic rings. The number of hydrogen-bond donors (Lipinski definition) is 0. The number of aromatic nitrogens is 2. The normalized spacial score (nSPS) is 11.5. The van der Waals surface area contributed by atoms with E-state index in [0.29, 0.717) is 5.89 Å². The lowest BCUT2D eigenvalue weighted by atomic mass is 9.94. The van der Waals surface area contributed by atoms with Gasteiger partial charge in [-0.05, 0) is 88.3 Å². The molecule has 0 bridgehead atoms. The summed E-state index contributed by atoms with van der Waals surface area (Å²) in [7, 11) is 0. The highest BCUT2D eigenvalue weighted by atomic mass is 16.3. The molecule has 11 rings (SSSR count). The zero-order chi connectivity index (χ0) is 37.7. The van der Waals surface area contributed by atoms with Crippen molar-refractivity contribution in [3.63, 3.8) is 0 Å². The number of hydrogen-bond acceptors (Lipinski definition) is 3. The van der Waals surface area contributed by atoms with Crippen LogP contribution in [0.1, 0.15) is 0 Å². The van der Waals surface area contributed by atoms with Crippen molar-refractivity contribution >= 4 is 60.7 Å². The van der Waals surface area contributed by atoms with Gasteiger partial charge in [0.2, 0.25) is 5.89 Å². The minimum atomic E-state index is 0.593. The minimum absolute atomic E-state index is 0.593. The Hall–Kier alpha value is -7.69. The van der Waals surface area contributed by atoms with Gasteiger partial charge in [0.1, 0.15) is 5.52 Å². The van der Waals surface area contributed by atoms with Gasteiger partial charge in [-0.15, -0.1) is 0 Å². The molecule has 11 aromatic rings. The van der Waals surface area contributed by atoms with Crippen LogP contribution >= 0.6 is 0 Å². The molecule has 0 amide bonds. The van der Waals surface area contributed by atoms with E-state index in [1.54, 1.807) is 0 Å². The second-order valence-electron chi connectivity index (χ2n) is 14.4. The Morgan fingerprint density at radius 1 is 0.439 bits per heavy atom. The maximum Gasteiger partial charge on any atom is 0.227 e. The van der Waals surface area contributed by atoms with E-state index >= 15 is 0 Å². The molecule has 268 valence electrons. The van der Waals surface area contributed by atoms with E-state index in [2.05, 4.69) is 185 Å². The van der Waals surface area contributed by atoms with Gasteiger partial charge >= 0.3 is 0 Å². The van der Waals surface area contributed by atoms with Crippen molar-refractivity contribution in [2.24, 2.45) is 0 Å². The maximum absolute atomic E-state index is 6.72. The maximum atomic E-state index is 6.72. The van der Waals surface area contributed by atoms with Gasteiger partial charge in [-0.3, -0.25) is 0 Å². The Kier molecular flexibility index (Phi) is 7.78. The van der Waals surface area contributed by atoms with Gasteiger partial charge in [0.25, 0.3) is 0 Å². The number of nitrogens with zero attached hydrogens (tertiary/aromatic N) is 3. The Bertz CT molecular complexity index is 3240. The van der Waals surface area contributed by atoms with Crippen LogP contribution in [-0.4, -0.2) is 9.55 Å². The first-order valence-electron chi connectivity index (χ1n) is 19.3. The molecule has 4 heteroatoms. The molecule has 9 aromatic carbocycles. The summed E-state index contributed by atoms with van der Waals surface area (Å²) in [5.41, 5.74) is 13.5. The van der Waals surface area contributed by atoms with Crippen LogP contribution in [0.3, 0.4) is 0 Å². The molecule has 0 atom stereocenters. The van der Waals surface area contributed by atoms with Gasteiger partial charge in [0.15, 0.2) is 5.58 Å². The largest absolute Gasteiger partial charge is 0.434 e. The molecule has 2 aromatic heterocycles. The minimum Gasteiger partial charge on any atom is -0.434 e. The summed E-state index contributed by atoms with van der Waals surface area (Å²) < 4.78 is 9.14. The van der Waals surface area contributed by atoms with Crippen molar-refractivity contribution in [1.82, 2.24) is 9.55 Å². The second kappa shape index (κ2) is 13.6. The van der Waals surface area contributed by atoms with Gasteiger partial charge in [0, 0.05) is 38.8 Å². The zero-order valence-corrected chi connectivity index (χ0v) is 31.0. The summed E-state index contributed by atoms with van der Waals surface area (Å²) in [5.74, 6) is 0.593. The average molecular weight is 730 g/mol. The molecule has 0 fully saturated rings. The Morgan fingerprint density at radius 3 is 1.88 bits per heavy atom. The van der Waals surface area contributed by atoms with E-state index < -0.39 is 0 Å². The molecule has 0 spiro atoms. The van der Waals surface area contributed by atoms with E-state index in [1.165, 1.54) is 43.8 Å². The lowest BCUT2D eigenvalue weighted by Crippen LogP contribution is -2.10. The van der Waals surface area contributed by atoms with Crippen LogP contribution in [0, 0.1) is 0 Å². The quantitative estimate of drug-likeness (QED) is 0.164. The summed E-state index contributed by atoms with van der Waals surface area (Å²) in [4.78, 5) is 7.31. The third-order valence-corrected chi connectivity index (χ3v) is 11.0. The number of para-hydroxylation sites is 2. The summed E-state index contributed by atoms with van der Waals surface area (Å²) in [6.45, 7) is 0. The topological polar surface area (TPSA) is 34.2 Å². The molecular formula is C53H35N3O. The van der Waals surface area contributed by atoms with Crippen LogP contribution in [0.4, 0.5) is 17.1 Å². The van der Waals surface area contributed by atoms with E-state index in [0.717, 1.165) is 50.5 Å². The van der Waals surface area contributed by atoms with Crippen LogP contribution in [0.5, 0.6) is 0 Å². The van der Waals surface area contributed by atoms with E-state index in [4.69, 9.17) is 9.40 Å². The predicted molar refractivity (Wildman–Crippen MR) is 237 cm³/mol. The molecule has 57 heavy (non-hydrogen) atoms.